The average Bonchev–Trinajstić information content (AvgIpc) is 2.54. The van der Waals surface area contributed by atoms with Crippen molar-refractivity contribution in [3.63, 3.8) is 0 Å². The molecule has 2 rings (SSSR count). The Morgan fingerprint density at radius 2 is 1.16 bits per heavy atom. The Balaban J connectivity index is 2.43. The van der Waals surface area contributed by atoms with Gasteiger partial charge in [-0.15, -0.1) is 0 Å². The number of nitrogens with zero attached hydrogens (tertiary/aromatic N) is 2. The molecule has 0 unspecified atom stereocenters. The lowest BCUT2D eigenvalue weighted by Crippen LogP contribution is -2.03. The molecule has 0 fully saturated rings. The summed E-state index contributed by atoms with van der Waals surface area (Å²) in [6, 6.07) is 5.87. The molecule has 25 heavy (non-hydrogen) atoms. The number of aromatic carboxylic acids is 2. The van der Waals surface area contributed by atoms with Gasteiger partial charge in [-0.05, 0) is 24.3 Å². The molecule has 0 aliphatic rings. The fourth-order valence-corrected chi connectivity index (χ4v) is 1.95. The van der Waals surface area contributed by atoms with Crippen LogP contribution in [0.5, 0.6) is 11.5 Å². The lowest BCUT2D eigenvalue weighted by atomic mass is 10.1. The van der Waals surface area contributed by atoms with Gasteiger partial charge in [0.2, 0.25) is 0 Å². The molecular weight excluding hydrogens is 340 g/mol. The summed E-state index contributed by atoms with van der Waals surface area (Å²) < 4.78 is 5.23. The maximum absolute atomic E-state index is 10.9. The first kappa shape index (κ1) is 17.3. The van der Waals surface area contributed by atoms with Gasteiger partial charge in [0.05, 0.1) is 22.0 Å². The van der Waals surface area contributed by atoms with Gasteiger partial charge in [0.1, 0.15) is 22.6 Å². The summed E-state index contributed by atoms with van der Waals surface area (Å²) in [5.41, 5.74) is -2.54. The van der Waals surface area contributed by atoms with E-state index in [1.807, 2.05) is 0 Å². The van der Waals surface area contributed by atoms with Gasteiger partial charge in [-0.2, -0.15) is 0 Å². The van der Waals surface area contributed by atoms with Crippen molar-refractivity contribution in [1.82, 2.24) is 0 Å². The summed E-state index contributed by atoms with van der Waals surface area (Å²) in [6.07, 6.45) is 0. The molecule has 0 aliphatic heterocycles. The molecule has 0 heterocycles. The standard InChI is InChI=1S/C14H8N2O9/c17-13(18)9-3-1-7(5-11(9)15(21)22)25-8-2-4-10(14(19)20)12(6-8)16(23)24/h1-6H,(H,17,18)(H,19,20). The van der Waals surface area contributed by atoms with Crippen molar-refractivity contribution in [2.24, 2.45) is 0 Å². The fourth-order valence-electron chi connectivity index (χ4n) is 1.95. The van der Waals surface area contributed by atoms with Crippen LogP contribution in [0.4, 0.5) is 11.4 Å². The zero-order chi connectivity index (χ0) is 18.7. The SMILES string of the molecule is O=C(O)c1ccc(Oc2ccc(C(=O)O)c([N+](=O)[O-])c2)cc1[N+](=O)[O-]. The monoisotopic (exact) mass is 348 g/mol. The molecule has 0 aromatic heterocycles. The van der Waals surface area contributed by atoms with Crippen LogP contribution < -0.4 is 4.74 Å². The number of carbonyl (C=O) groups is 2. The minimum absolute atomic E-state index is 0.144. The van der Waals surface area contributed by atoms with Crippen LogP contribution in [0, 0.1) is 20.2 Å². The van der Waals surface area contributed by atoms with E-state index in [4.69, 9.17) is 14.9 Å². The van der Waals surface area contributed by atoms with Crippen molar-refractivity contribution < 1.29 is 34.4 Å². The third kappa shape index (κ3) is 3.67. The van der Waals surface area contributed by atoms with Crippen molar-refractivity contribution in [2.45, 2.75) is 0 Å². The number of nitro benzene ring substituents is 2. The Kier molecular flexibility index (Phi) is 4.59. The zero-order valence-electron chi connectivity index (χ0n) is 12.1. The Morgan fingerprint density at radius 3 is 1.44 bits per heavy atom. The van der Waals surface area contributed by atoms with Crippen LogP contribution in [0.1, 0.15) is 20.7 Å². The number of rotatable bonds is 6. The van der Waals surface area contributed by atoms with E-state index in [0.29, 0.717) is 0 Å². The van der Waals surface area contributed by atoms with Crippen molar-refractivity contribution >= 4 is 23.3 Å². The fraction of sp³-hybridized carbons (Fsp3) is 0. The Labute approximate surface area is 138 Å². The third-order valence-corrected chi connectivity index (χ3v) is 3.03. The second-order valence-corrected chi connectivity index (χ2v) is 4.58. The number of carboxylic acid groups (broad SMARTS) is 2. The topological polar surface area (TPSA) is 170 Å². The van der Waals surface area contributed by atoms with E-state index in [1.54, 1.807) is 0 Å². The first-order valence-corrected chi connectivity index (χ1v) is 6.42. The smallest absolute Gasteiger partial charge is 0.342 e. The van der Waals surface area contributed by atoms with E-state index < -0.39 is 44.3 Å². The summed E-state index contributed by atoms with van der Waals surface area (Å²) in [5.74, 6) is -3.29. The number of nitro groups is 2. The van der Waals surface area contributed by atoms with Crippen LogP contribution in [0.15, 0.2) is 36.4 Å². The van der Waals surface area contributed by atoms with Gasteiger partial charge in [0.15, 0.2) is 0 Å². The Bertz CT molecular complexity index is 834. The maximum Gasteiger partial charge on any atom is 0.342 e. The second kappa shape index (κ2) is 6.62. The van der Waals surface area contributed by atoms with Crippen molar-refractivity contribution in [3.05, 3.63) is 67.8 Å². The van der Waals surface area contributed by atoms with Gasteiger partial charge >= 0.3 is 11.9 Å². The molecule has 0 atom stereocenters. The minimum Gasteiger partial charge on any atom is -0.477 e. The van der Waals surface area contributed by atoms with E-state index in [9.17, 15) is 29.8 Å². The number of ether oxygens (including phenoxy) is 1. The zero-order valence-corrected chi connectivity index (χ0v) is 12.1. The predicted molar refractivity (Wildman–Crippen MR) is 80.2 cm³/mol. The normalized spacial score (nSPS) is 10.1. The van der Waals surface area contributed by atoms with E-state index >= 15 is 0 Å². The minimum atomic E-state index is -1.50. The van der Waals surface area contributed by atoms with Gasteiger partial charge < -0.3 is 14.9 Å². The van der Waals surface area contributed by atoms with E-state index in [2.05, 4.69) is 0 Å². The second-order valence-electron chi connectivity index (χ2n) is 4.58. The first-order valence-electron chi connectivity index (χ1n) is 6.42. The summed E-state index contributed by atoms with van der Waals surface area (Å²) in [7, 11) is 0. The summed E-state index contributed by atoms with van der Waals surface area (Å²) in [6.45, 7) is 0. The van der Waals surface area contributed by atoms with Crippen molar-refractivity contribution in [2.75, 3.05) is 0 Å². The molecule has 0 amide bonds. The van der Waals surface area contributed by atoms with Crippen LogP contribution in [-0.2, 0) is 0 Å². The van der Waals surface area contributed by atoms with Gasteiger partial charge in [-0.3, -0.25) is 20.2 Å². The largest absolute Gasteiger partial charge is 0.477 e. The number of hydrogen-bond donors (Lipinski definition) is 2. The Hall–Kier alpha value is -4.02. The molecule has 11 heteroatoms. The summed E-state index contributed by atoms with van der Waals surface area (Å²) in [5, 5.41) is 39.7. The average molecular weight is 348 g/mol. The summed E-state index contributed by atoms with van der Waals surface area (Å²) >= 11 is 0. The highest BCUT2D eigenvalue weighted by Gasteiger charge is 2.23. The molecule has 0 spiro atoms. The van der Waals surface area contributed by atoms with E-state index in [1.165, 1.54) is 0 Å². The van der Waals surface area contributed by atoms with Gasteiger partial charge in [-0.25, -0.2) is 9.59 Å². The van der Waals surface area contributed by atoms with Crippen LogP contribution in [-0.4, -0.2) is 32.0 Å². The first-order chi connectivity index (χ1) is 11.7. The molecule has 0 bridgehead atoms. The van der Waals surface area contributed by atoms with Gasteiger partial charge in [0.25, 0.3) is 11.4 Å². The molecule has 128 valence electrons. The summed E-state index contributed by atoms with van der Waals surface area (Å²) in [4.78, 5) is 41.9. The van der Waals surface area contributed by atoms with Crippen LogP contribution >= 0.6 is 0 Å². The highest BCUT2D eigenvalue weighted by Crippen LogP contribution is 2.31. The van der Waals surface area contributed by atoms with E-state index in [0.717, 1.165) is 36.4 Å². The molecular formula is C14H8N2O9. The maximum atomic E-state index is 10.9. The lowest BCUT2D eigenvalue weighted by Gasteiger charge is -2.07. The van der Waals surface area contributed by atoms with Gasteiger partial charge in [0, 0.05) is 0 Å². The molecule has 11 nitrogen and oxygen atoms in total. The molecule has 0 saturated carbocycles. The predicted octanol–water partition coefficient (Wildman–Crippen LogP) is 2.69. The molecule has 0 saturated heterocycles. The van der Waals surface area contributed by atoms with Crippen molar-refractivity contribution in [1.29, 1.82) is 0 Å². The van der Waals surface area contributed by atoms with Crippen molar-refractivity contribution in [3.8, 4) is 11.5 Å². The number of carboxylic acids is 2. The van der Waals surface area contributed by atoms with E-state index in [-0.39, 0.29) is 11.5 Å². The van der Waals surface area contributed by atoms with Gasteiger partial charge in [-0.1, -0.05) is 0 Å². The Morgan fingerprint density at radius 1 is 0.800 bits per heavy atom. The quantitative estimate of drug-likeness (QED) is 0.588. The van der Waals surface area contributed by atoms with Crippen LogP contribution in [0.2, 0.25) is 0 Å². The molecule has 2 aromatic carbocycles. The van der Waals surface area contributed by atoms with Crippen LogP contribution in [0.25, 0.3) is 0 Å². The van der Waals surface area contributed by atoms with Crippen LogP contribution in [0.3, 0.4) is 0 Å². The third-order valence-electron chi connectivity index (χ3n) is 3.03. The molecule has 2 aromatic rings. The molecule has 0 aliphatic carbocycles. The molecule has 2 N–H and O–H groups in total. The lowest BCUT2D eigenvalue weighted by molar-refractivity contribution is -0.385. The highest BCUT2D eigenvalue weighted by molar-refractivity contribution is 5.93. The highest BCUT2D eigenvalue weighted by atomic mass is 16.6. The number of benzene rings is 2. The number of hydrogen-bond acceptors (Lipinski definition) is 7. The molecule has 0 radical (unpaired) electrons.